The minimum atomic E-state index is -0.239. The van der Waals surface area contributed by atoms with Crippen molar-refractivity contribution in [2.45, 2.75) is 26.3 Å². The molecule has 1 aliphatic carbocycles. The van der Waals surface area contributed by atoms with Crippen LogP contribution in [-0.4, -0.2) is 36.9 Å². The average molecular weight is 261 g/mol. The van der Waals surface area contributed by atoms with E-state index in [9.17, 15) is 9.59 Å². The Morgan fingerprint density at radius 1 is 1.47 bits per heavy atom. The molecule has 4 nitrogen and oxygen atoms in total. The van der Waals surface area contributed by atoms with Crippen molar-refractivity contribution in [1.82, 2.24) is 4.90 Å². The van der Waals surface area contributed by atoms with E-state index in [1.54, 1.807) is 0 Å². The van der Waals surface area contributed by atoms with Crippen LogP contribution in [0.25, 0.3) is 0 Å². The maximum absolute atomic E-state index is 11.5. The number of carbonyl (C=O) groups is 2. The largest absolute Gasteiger partial charge is 0.469 e. The van der Waals surface area contributed by atoms with Crippen LogP contribution < -0.4 is 0 Å². The van der Waals surface area contributed by atoms with E-state index in [-0.39, 0.29) is 24.3 Å². The van der Waals surface area contributed by atoms with Crippen LogP contribution in [0, 0.1) is 5.92 Å². The Labute approximate surface area is 113 Å². The maximum atomic E-state index is 11.5. The minimum Gasteiger partial charge on any atom is -0.469 e. The maximum Gasteiger partial charge on any atom is 0.309 e. The number of aldehydes is 1. The molecular weight excluding hydrogens is 242 g/mol. The number of hydrogen-bond acceptors (Lipinski definition) is 4. The first-order chi connectivity index (χ1) is 9.06. The van der Waals surface area contributed by atoms with Crippen LogP contribution in [0.5, 0.6) is 0 Å². The summed E-state index contributed by atoms with van der Waals surface area (Å²) in [5, 5.41) is 0. The van der Waals surface area contributed by atoms with Crippen molar-refractivity contribution in [3.8, 4) is 0 Å². The number of nitrogens with zero attached hydrogens (tertiary/aromatic N) is 1. The molecule has 0 N–H and O–H groups in total. The van der Waals surface area contributed by atoms with Gasteiger partial charge in [-0.15, -0.1) is 0 Å². The summed E-state index contributed by atoms with van der Waals surface area (Å²) in [6.07, 6.45) is 7.41. The van der Waals surface area contributed by atoms with Crippen molar-refractivity contribution in [2.75, 3.05) is 13.7 Å². The quantitative estimate of drug-likeness (QED) is 0.572. The van der Waals surface area contributed by atoms with E-state index < -0.39 is 0 Å². The zero-order valence-corrected chi connectivity index (χ0v) is 11.6. The second kappa shape index (κ2) is 5.43. The molecule has 102 valence electrons. The standard InChI is InChI=1S/C15H19NO3/c1-10-6-11(2)15-12(8-14(18)19-3)9-16(4-5-17)13(15)7-10/h5-7,9,13,15H,4,8H2,1-3H3. The molecule has 0 aromatic rings. The summed E-state index contributed by atoms with van der Waals surface area (Å²) in [4.78, 5) is 24.3. The van der Waals surface area contributed by atoms with Gasteiger partial charge in [-0.1, -0.05) is 23.3 Å². The van der Waals surface area contributed by atoms with Gasteiger partial charge in [0.25, 0.3) is 0 Å². The lowest BCUT2D eigenvalue weighted by Crippen LogP contribution is -2.34. The number of hydrogen-bond donors (Lipinski definition) is 0. The fourth-order valence-electron chi connectivity index (χ4n) is 2.97. The molecule has 0 aromatic carbocycles. The molecule has 2 aliphatic rings. The fourth-order valence-corrected chi connectivity index (χ4v) is 2.97. The van der Waals surface area contributed by atoms with Crippen LogP contribution in [0.3, 0.4) is 0 Å². The van der Waals surface area contributed by atoms with Gasteiger partial charge < -0.3 is 14.4 Å². The zero-order chi connectivity index (χ0) is 14.0. The topological polar surface area (TPSA) is 46.6 Å². The van der Waals surface area contributed by atoms with Crippen LogP contribution in [0.2, 0.25) is 0 Å². The number of esters is 1. The van der Waals surface area contributed by atoms with Gasteiger partial charge in [0, 0.05) is 12.1 Å². The van der Waals surface area contributed by atoms with Crippen molar-refractivity contribution in [3.05, 3.63) is 35.1 Å². The van der Waals surface area contributed by atoms with Gasteiger partial charge in [0.2, 0.25) is 0 Å². The van der Waals surface area contributed by atoms with Gasteiger partial charge in [0.15, 0.2) is 0 Å². The summed E-state index contributed by atoms with van der Waals surface area (Å²) < 4.78 is 4.74. The molecule has 0 bridgehead atoms. The van der Waals surface area contributed by atoms with Crippen molar-refractivity contribution in [2.24, 2.45) is 5.92 Å². The number of allylic oxidation sites excluding steroid dienone is 2. The smallest absolute Gasteiger partial charge is 0.309 e. The summed E-state index contributed by atoms with van der Waals surface area (Å²) in [6.45, 7) is 4.48. The molecule has 1 aliphatic heterocycles. The lowest BCUT2D eigenvalue weighted by molar-refractivity contribution is -0.139. The second-order valence-corrected chi connectivity index (χ2v) is 5.09. The highest BCUT2D eigenvalue weighted by molar-refractivity contribution is 5.73. The normalized spacial score (nSPS) is 25.2. The first-order valence-electron chi connectivity index (χ1n) is 6.40. The van der Waals surface area contributed by atoms with Gasteiger partial charge in [-0.3, -0.25) is 4.79 Å². The minimum absolute atomic E-state index is 0.148. The summed E-state index contributed by atoms with van der Waals surface area (Å²) in [6, 6.07) is 0.148. The molecule has 0 aromatic heterocycles. The van der Waals surface area contributed by atoms with Gasteiger partial charge in [-0.2, -0.15) is 0 Å². The fraction of sp³-hybridized carbons (Fsp3) is 0.467. The van der Waals surface area contributed by atoms with Crippen LogP contribution in [0.15, 0.2) is 35.1 Å². The van der Waals surface area contributed by atoms with Gasteiger partial charge in [0.1, 0.15) is 6.29 Å². The molecule has 0 fully saturated rings. The first-order valence-corrected chi connectivity index (χ1v) is 6.40. The van der Waals surface area contributed by atoms with Crippen molar-refractivity contribution in [3.63, 3.8) is 0 Å². The molecule has 2 atom stereocenters. The molecule has 0 radical (unpaired) electrons. The molecule has 4 heteroatoms. The van der Waals surface area contributed by atoms with E-state index in [0.29, 0.717) is 6.54 Å². The van der Waals surface area contributed by atoms with E-state index in [4.69, 9.17) is 4.74 Å². The van der Waals surface area contributed by atoms with Crippen molar-refractivity contribution < 1.29 is 14.3 Å². The van der Waals surface area contributed by atoms with Gasteiger partial charge in [0.05, 0.1) is 26.1 Å². The van der Waals surface area contributed by atoms with E-state index in [1.165, 1.54) is 18.3 Å². The predicted molar refractivity (Wildman–Crippen MR) is 72.3 cm³/mol. The Morgan fingerprint density at radius 3 is 2.84 bits per heavy atom. The molecule has 0 amide bonds. The third-order valence-electron chi connectivity index (χ3n) is 3.70. The SMILES string of the molecule is COC(=O)CC1=CN(CC=O)C2C=C(C)C=C(C)C12. The highest BCUT2D eigenvalue weighted by Gasteiger charge is 2.37. The Hall–Kier alpha value is -1.84. The Morgan fingerprint density at radius 2 is 2.21 bits per heavy atom. The average Bonchev–Trinajstić information content (AvgIpc) is 2.68. The van der Waals surface area contributed by atoms with Gasteiger partial charge >= 0.3 is 5.97 Å². The van der Waals surface area contributed by atoms with Crippen LogP contribution in [0.1, 0.15) is 20.3 Å². The summed E-state index contributed by atoms with van der Waals surface area (Å²) in [7, 11) is 1.39. The number of methoxy groups -OCH3 is 1. The molecule has 0 spiro atoms. The lowest BCUT2D eigenvalue weighted by atomic mass is 9.81. The summed E-state index contributed by atoms with van der Waals surface area (Å²) in [5.74, 6) is -0.0558. The van der Waals surface area contributed by atoms with Crippen LogP contribution in [0.4, 0.5) is 0 Å². The highest BCUT2D eigenvalue weighted by Crippen LogP contribution is 2.39. The number of fused-ring (bicyclic) bond motifs is 1. The zero-order valence-electron chi connectivity index (χ0n) is 11.6. The van der Waals surface area contributed by atoms with Crippen LogP contribution in [-0.2, 0) is 14.3 Å². The number of ether oxygens (including phenoxy) is 1. The van der Waals surface area contributed by atoms with Gasteiger partial charge in [-0.25, -0.2) is 0 Å². The number of carbonyl (C=O) groups excluding carboxylic acids is 2. The Kier molecular flexibility index (Phi) is 3.88. The molecule has 19 heavy (non-hydrogen) atoms. The second-order valence-electron chi connectivity index (χ2n) is 5.09. The van der Waals surface area contributed by atoms with E-state index in [1.807, 2.05) is 11.1 Å². The molecule has 0 saturated carbocycles. The number of rotatable bonds is 4. The molecule has 2 unspecified atom stereocenters. The van der Waals surface area contributed by atoms with E-state index in [0.717, 1.165) is 11.9 Å². The van der Waals surface area contributed by atoms with Crippen molar-refractivity contribution in [1.29, 1.82) is 0 Å². The third-order valence-corrected chi connectivity index (χ3v) is 3.70. The Bertz CT molecular complexity index is 488. The summed E-state index contributed by atoms with van der Waals surface area (Å²) in [5.41, 5.74) is 3.45. The molecule has 0 saturated heterocycles. The van der Waals surface area contributed by atoms with Gasteiger partial charge in [-0.05, 0) is 19.4 Å². The summed E-state index contributed by atoms with van der Waals surface area (Å²) >= 11 is 0. The predicted octanol–water partition coefficient (Wildman–Crippen LogP) is 1.84. The van der Waals surface area contributed by atoms with Crippen molar-refractivity contribution >= 4 is 12.3 Å². The monoisotopic (exact) mass is 261 g/mol. The first kappa shape index (κ1) is 13.6. The highest BCUT2D eigenvalue weighted by atomic mass is 16.5. The van der Waals surface area contributed by atoms with E-state index >= 15 is 0 Å². The Balaban J connectivity index is 2.28. The molecule has 2 rings (SSSR count). The lowest BCUT2D eigenvalue weighted by Gasteiger charge is -2.30. The van der Waals surface area contributed by atoms with Crippen LogP contribution >= 0.6 is 0 Å². The molecular formula is C15H19NO3. The molecule has 1 heterocycles. The third kappa shape index (κ3) is 2.62. The van der Waals surface area contributed by atoms with E-state index in [2.05, 4.69) is 26.0 Å².